The molecular weight excluding hydrogens is 364 g/mol. The Labute approximate surface area is 168 Å². The van der Waals surface area contributed by atoms with Crippen LogP contribution in [0.3, 0.4) is 0 Å². The van der Waals surface area contributed by atoms with Crippen LogP contribution in [0.5, 0.6) is 0 Å². The van der Waals surface area contributed by atoms with Crippen molar-refractivity contribution in [2.24, 2.45) is 0 Å². The van der Waals surface area contributed by atoms with Crippen molar-refractivity contribution in [1.29, 1.82) is 0 Å². The molecule has 2 aromatic carbocycles. The number of para-hydroxylation sites is 1. The number of amides is 1. The minimum Gasteiger partial charge on any atom is -0.451 e. The zero-order chi connectivity index (χ0) is 19.6. The van der Waals surface area contributed by atoms with Crippen LogP contribution in [0.2, 0.25) is 0 Å². The number of aromatic nitrogens is 3. The first kappa shape index (κ1) is 17.7. The number of benzene rings is 2. The Kier molecular flexibility index (Phi) is 4.60. The number of hydrogen-bond donors (Lipinski definition) is 0. The van der Waals surface area contributed by atoms with Gasteiger partial charge in [-0.05, 0) is 24.1 Å². The fraction of sp³-hybridized carbons (Fsp3) is 0.261. The van der Waals surface area contributed by atoms with Gasteiger partial charge in [0.25, 0.3) is 5.91 Å². The second-order valence-electron chi connectivity index (χ2n) is 7.34. The lowest BCUT2D eigenvalue weighted by molar-refractivity contribution is 0.0728. The summed E-state index contributed by atoms with van der Waals surface area (Å²) in [5.74, 6) is 2.15. The van der Waals surface area contributed by atoms with Crippen molar-refractivity contribution in [3.05, 3.63) is 83.6 Å². The molecule has 6 heteroatoms. The maximum atomic E-state index is 12.9. The van der Waals surface area contributed by atoms with Gasteiger partial charge >= 0.3 is 0 Å². The van der Waals surface area contributed by atoms with Crippen LogP contribution in [0.25, 0.3) is 11.0 Å². The summed E-state index contributed by atoms with van der Waals surface area (Å²) < 4.78 is 7.70. The Balaban J connectivity index is 1.25. The minimum absolute atomic E-state index is 0.0729. The lowest BCUT2D eigenvalue weighted by Gasteiger charge is -2.18. The number of rotatable bonds is 4. The molecule has 0 unspecified atom stereocenters. The highest BCUT2D eigenvalue weighted by Crippen LogP contribution is 2.21. The summed E-state index contributed by atoms with van der Waals surface area (Å²) in [5.41, 5.74) is 2.03. The number of hydrogen-bond acceptors (Lipinski definition) is 4. The van der Waals surface area contributed by atoms with Crippen molar-refractivity contribution >= 4 is 16.9 Å². The summed E-state index contributed by atoms with van der Waals surface area (Å²) in [6, 6.07) is 19.9. The van der Waals surface area contributed by atoms with Gasteiger partial charge in [0.2, 0.25) is 0 Å². The predicted octanol–water partition coefficient (Wildman–Crippen LogP) is 3.51. The molecule has 0 N–H and O–H groups in total. The highest BCUT2D eigenvalue weighted by atomic mass is 16.3. The molecule has 1 aliphatic heterocycles. The van der Waals surface area contributed by atoms with Crippen molar-refractivity contribution in [2.75, 3.05) is 13.1 Å². The van der Waals surface area contributed by atoms with Gasteiger partial charge in [0.15, 0.2) is 11.6 Å². The molecule has 0 saturated heterocycles. The Hall–Kier alpha value is -3.41. The van der Waals surface area contributed by atoms with Gasteiger partial charge in [-0.3, -0.25) is 4.79 Å². The molecule has 29 heavy (non-hydrogen) atoms. The van der Waals surface area contributed by atoms with Crippen molar-refractivity contribution in [3.63, 3.8) is 0 Å². The summed E-state index contributed by atoms with van der Waals surface area (Å²) in [5, 5.41) is 5.62. The van der Waals surface area contributed by atoms with Crippen LogP contribution in [0.1, 0.15) is 27.8 Å². The third-order valence-electron chi connectivity index (χ3n) is 5.38. The smallest absolute Gasteiger partial charge is 0.289 e. The Morgan fingerprint density at radius 1 is 0.966 bits per heavy atom. The van der Waals surface area contributed by atoms with E-state index in [0.717, 1.165) is 35.5 Å². The van der Waals surface area contributed by atoms with Crippen LogP contribution < -0.4 is 0 Å². The predicted molar refractivity (Wildman–Crippen MR) is 110 cm³/mol. The van der Waals surface area contributed by atoms with Crippen LogP contribution in [0, 0.1) is 0 Å². The fourth-order valence-electron chi connectivity index (χ4n) is 3.81. The van der Waals surface area contributed by atoms with Gasteiger partial charge in [0.05, 0.1) is 6.54 Å². The van der Waals surface area contributed by atoms with Gasteiger partial charge in [-0.2, -0.15) is 5.10 Å². The molecular formula is C23H22N4O2. The van der Waals surface area contributed by atoms with E-state index in [4.69, 9.17) is 9.40 Å². The molecule has 146 valence electrons. The van der Waals surface area contributed by atoms with Gasteiger partial charge < -0.3 is 9.32 Å². The van der Waals surface area contributed by atoms with E-state index in [9.17, 15) is 4.79 Å². The average Bonchev–Trinajstić information content (AvgIpc) is 3.31. The first-order valence-corrected chi connectivity index (χ1v) is 10.0. The molecule has 2 aromatic heterocycles. The highest BCUT2D eigenvalue weighted by molar-refractivity contribution is 5.96. The zero-order valence-electron chi connectivity index (χ0n) is 16.1. The summed E-state index contributed by atoms with van der Waals surface area (Å²) in [6.45, 7) is 1.87. The first-order chi connectivity index (χ1) is 14.3. The van der Waals surface area contributed by atoms with Gasteiger partial charge in [-0.1, -0.05) is 48.5 Å². The second kappa shape index (κ2) is 7.54. The van der Waals surface area contributed by atoms with Gasteiger partial charge in [0, 0.05) is 31.3 Å². The summed E-state index contributed by atoms with van der Waals surface area (Å²) >= 11 is 0. The van der Waals surface area contributed by atoms with Crippen molar-refractivity contribution in [1.82, 2.24) is 19.7 Å². The van der Waals surface area contributed by atoms with E-state index in [2.05, 4.69) is 29.4 Å². The Bertz CT molecular complexity index is 1090. The van der Waals surface area contributed by atoms with Crippen molar-refractivity contribution in [3.8, 4) is 0 Å². The fourth-order valence-corrected chi connectivity index (χ4v) is 3.81. The Morgan fingerprint density at radius 2 is 1.79 bits per heavy atom. The van der Waals surface area contributed by atoms with E-state index in [1.54, 1.807) is 0 Å². The van der Waals surface area contributed by atoms with E-state index >= 15 is 0 Å². The maximum Gasteiger partial charge on any atom is 0.289 e. The topological polar surface area (TPSA) is 64.2 Å². The third kappa shape index (κ3) is 3.66. The SMILES string of the molecule is O=C(c1cc2ccccc2o1)N1CCc2nc(CCc3ccccc3)nn2CC1. The van der Waals surface area contributed by atoms with Crippen LogP contribution in [0.15, 0.2) is 65.1 Å². The monoisotopic (exact) mass is 386 g/mol. The molecule has 6 nitrogen and oxygen atoms in total. The molecule has 5 rings (SSSR count). The molecule has 1 amide bonds. The number of aryl methyl sites for hydroxylation is 2. The minimum atomic E-state index is -0.0729. The highest BCUT2D eigenvalue weighted by Gasteiger charge is 2.24. The van der Waals surface area contributed by atoms with E-state index in [1.807, 2.05) is 46.0 Å². The number of nitrogens with zero attached hydrogens (tertiary/aromatic N) is 4. The van der Waals surface area contributed by atoms with Crippen LogP contribution in [-0.4, -0.2) is 38.7 Å². The molecule has 0 radical (unpaired) electrons. The van der Waals surface area contributed by atoms with Gasteiger partial charge in [0.1, 0.15) is 11.4 Å². The molecule has 0 fully saturated rings. The number of fused-ring (bicyclic) bond motifs is 2. The van der Waals surface area contributed by atoms with Crippen LogP contribution in [0.4, 0.5) is 0 Å². The molecule has 0 atom stereocenters. The molecule has 1 aliphatic rings. The lowest BCUT2D eigenvalue weighted by Crippen LogP contribution is -2.33. The quantitative estimate of drug-likeness (QED) is 0.538. The molecule has 0 aliphatic carbocycles. The van der Waals surface area contributed by atoms with E-state index < -0.39 is 0 Å². The van der Waals surface area contributed by atoms with E-state index in [0.29, 0.717) is 31.8 Å². The molecule has 0 saturated carbocycles. The van der Waals surface area contributed by atoms with E-state index in [-0.39, 0.29) is 5.91 Å². The normalized spacial score (nSPS) is 14.0. The van der Waals surface area contributed by atoms with Gasteiger partial charge in [-0.25, -0.2) is 9.67 Å². The van der Waals surface area contributed by atoms with Gasteiger partial charge in [-0.15, -0.1) is 0 Å². The third-order valence-corrected chi connectivity index (χ3v) is 5.38. The maximum absolute atomic E-state index is 12.9. The molecule has 0 spiro atoms. The molecule has 3 heterocycles. The largest absolute Gasteiger partial charge is 0.451 e. The first-order valence-electron chi connectivity index (χ1n) is 10.0. The van der Waals surface area contributed by atoms with Crippen molar-refractivity contribution in [2.45, 2.75) is 25.8 Å². The average molecular weight is 386 g/mol. The lowest BCUT2D eigenvalue weighted by atomic mass is 10.1. The van der Waals surface area contributed by atoms with Crippen molar-refractivity contribution < 1.29 is 9.21 Å². The molecule has 0 bridgehead atoms. The van der Waals surface area contributed by atoms with E-state index in [1.165, 1.54) is 5.56 Å². The number of carbonyl (C=O) groups excluding carboxylic acids is 1. The number of carbonyl (C=O) groups is 1. The zero-order valence-corrected chi connectivity index (χ0v) is 16.1. The molecule has 4 aromatic rings. The number of furan rings is 1. The summed E-state index contributed by atoms with van der Waals surface area (Å²) in [6.07, 6.45) is 2.46. The van der Waals surface area contributed by atoms with Crippen LogP contribution >= 0.6 is 0 Å². The standard InChI is InChI=1S/C23H22N4O2/c28-23(20-16-18-8-4-5-9-19(18)29-20)26-13-12-22-24-21(25-27(22)15-14-26)11-10-17-6-2-1-3-7-17/h1-9,16H,10-15H2. The summed E-state index contributed by atoms with van der Waals surface area (Å²) in [7, 11) is 0. The second-order valence-corrected chi connectivity index (χ2v) is 7.34. The summed E-state index contributed by atoms with van der Waals surface area (Å²) in [4.78, 5) is 19.5. The van der Waals surface area contributed by atoms with Crippen LogP contribution in [-0.2, 0) is 25.8 Å². The Morgan fingerprint density at radius 3 is 2.66 bits per heavy atom.